The van der Waals surface area contributed by atoms with Crippen LogP contribution in [0.5, 0.6) is 0 Å². The second kappa shape index (κ2) is 3.26. The summed E-state index contributed by atoms with van der Waals surface area (Å²) in [6.45, 7) is 0.108. The summed E-state index contributed by atoms with van der Waals surface area (Å²) in [7, 11) is 0. The number of hydrogen-bond donors (Lipinski definition) is 0. The molecule has 1 fully saturated rings. The third kappa shape index (κ3) is 1.47. The zero-order chi connectivity index (χ0) is 9.26. The zero-order valence-electron chi connectivity index (χ0n) is 7.40. The Morgan fingerprint density at radius 1 is 1.54 bits per heavy atom. The fraction of sp³-hybridized carbons (Fsp3) is 0.545. The molecule has 0 spiro atoms. The van der Waals surface area contributed by atoms with Crippen molar-refractivity contribution in [1.29, 1.82) is 0 Å². The topological polar surface area (TPSA) is 26.3 Å². The van der Waals surface area contributed by atoms with E-state index >= 15 is 0 Å². The number of terminal acetylenes is 1. The van der Waals surface area contributed by atoms with Gasteiger partial charge in [-0.3, -0.25) is 4.79 Å². The van der Waals surface area contributed by atoms with Crippen LogP contribution in [0.4, 0.5) is 0 Å². The van der Waals surface area contributed by atoms with Crippen LogP contribution in [0, 0.1) is 30.1 Å². The van der Waals surface area contributed by atoms with Gasteiger partial charge in [-0.1, -0.05) is 18.1 Å². The van der Waals surface area contributed by atoms with Crippen LogP contribution in [0.15, 0.2) is 12.2 Å². The van der Waals surface area contributed by atoms with E-state index in [-0.39, 0.29) is 18.5 Å². The highest BCUT2D eigenvalue weighted by atomic mass is 16.5. The maximum atomic E-state index is 11.4. The smallest absolute Gasteiger partial charge is 0.310 e. The van der Waals surface area contributed by atoms with Crippen LogP contribution in [-0.2, 0) is 9.53 Å². The molecule has 0 heterocycles. The Morgan fingerprint density at radius 3 is 2.92 bits per heavy atom. The van der Waals surface area contributed by atoms with E-state index in [0.717, 1.165) is 12.8 Å². The number of hydrogen-bond acceptors (Lipinski definition) is 2. The van der Waals surface area contributed by atoms with Crippen LogP contribution in [0.25, 0.3) is 0 Å². The Hall–Kier alpha value is -1.23. The summed E-state index contributed by atoms with van der Waals surface area (Å²) >= 11 is 0. The molecular formula is C11H12O2. The first kappa shape index (κ1) is 8.37. The van der Waals surface area contributed by atoms with Crippen molar-refractivity contribution < 1.29 is 9.53 Å². The van der Waals surface area contributed by atoms with Crippen LogP contribution in [0.2, 0.25) is 0 Å². The largest absolute Gasteiger partial charge is 0.452 e. The zero-order valence-corrected chi connectivity index (χ0v) is 7.40. The van der Waals surface area contributed by atoms with Crippen LogP contribution >= 0.6 is 0 Å². The van der Waals surface area contributed by atoms with Gasteiger partial charge in [0.25, 0.3) is 0 Å². The number of carbonyl (C=O) groups excluding carboxylic acids is 1. The Morgan fingerprint density at radius 2 is 2.38 bits per heavy atom. The van der Waals surface area contributed by atoms with E-state index in [9.17, 15) is 4.79 Å². The molecular weight excluding hydrogens is 164 g/mol. The number of fused-ring (bicyclic) bond motifs is 2. The van der Waals surface area contributed by atoms with Gasteiger partial charge in [0.2, 0.25) is 0 Å². The van der Waals surface area contributed by atoms with E-state index in [1.807, 2.05) is 0 Å². The lowest BCUT2D eigenvalue weighted by Gasteiger charge is -2.15. The monoisotopic (exact) mass is 176 g/mol. The van der Waals surface area contributed by atoms with Gasteiger partial charge in [-0.05, 0) is 24.7 Å². The second-order valence-electron chi connectivity index (χ2n) is 3.70. The van der Waals surface area contributed by atoms with Crippen molar-refractivity contribution in [3.8, 4) is 12.3 Å². The number of esters is 1. The van der Waals surface area contributed by atoms with E-state index < -0.39 is 0 Å². The van der Waals surface area contributed by atoms with Crippen molar-refractivity contribution in [3.05, 3.63) is 12.2 Å². The van der Waals surface area contributed by atoms with Gasteiger partial charge in [0, 0.05) is 0 Å². The van der Waals surface area contributed by atoms with E-state index in [0.29, 0.717) is 11.8 Å². The maximum Gasteiger partial charge on any atom is 0.310 e. The highest BCUT2D eigenvalue weighted by molar-refractivity contribution is 5.74. The molecule has 2 aliphatic carbocycles. The molecule has 2 aliphatic rings. The highest BCUT2D eigenvalue weighted by Gasteiger charge is 2.40. The lowest BCUT2D eigenvalue weighted by atomic mass is 9.94. The minimum absolute atomic E-state index is 0.0725. The summed E-state index contributed by atoms with van der Waals surface area (Å²) < 4.78 is 4.92. The summed E-state index contributed by atoms with van der Waals surface area (Å²) in [6.07, 6.45) is 11.4. The fourth-order valence-corrected chi connectivity index (χ4v) is 2.27. The van der Waals surface area contributed by atoms with Crippen molar-refractivity contribution in [1.82, 2.24) is 0 Å². The van der Waals surface area contributed by atoms with Gasteiger partial charge in [0.05, 0.1) is 5.92 Å². The van der Waals surface area contributed by atoms with Crippen LogP contribution < -0.4 is 0 Å². The molecule has 2 heteroatoms. The number of carbonyl (C=O) groups is 1. The quantitative estimate of drug-likeness (QED) is 0.361. The lowest BCUT2D eigenvalue weighted by molar-refractivity contribution is -0.147. The Balaban J connectivity index is 1.92. The van der Waals surface area contributed by atoms with Gasteiger partial charge >= 0.3 is 5.97 Å². The molecule has 2 nitrogen and oxygen atoms in total. The van der Waals surface area contributed by atoms with Gasteiger partial charge < -0.3 is 4.74 Å². The van der Waals surface area contributed by atoms with Crippen LogP contribution in [0.1, 0.15) is 12.8 Å². The molecule has 2 bridgehead atoms. The van der Waals surface area contributed by atoms with Gasteiger partial charge in [-0.2, -0.15) is 0 Å². The molecule has 3 unspecified atom stereocenters. The van der Waals surface area contributed by atoms with Gasteiger partial charge in [-0.25, -0.2) is 0 Å². The molecule has 0 aromatic rings. The van der Waals surface area contributed by atoms with Crippen LogP contribution in [-0.4, -0.2) is 12.6 Å². The predicted octanol–water partition coefficient (Wildman–Crippen LogP) is 1.38. The number of ether oxygens (including phenoxy) is 1. The number of allylic oxidation sites excluding steroid dienone is 2. The average molecular weight is 176 g/mol. The molecule has 2 rings (SSSR count). The van der Waals surface area contributed by atoms with Crippen molar-refractivity contribution >= 4 is 5.97 Å². The molecule has 3 atom stereocenters. The third-order valence-corrected chi connectivity index (χ3v) is 2.88. The van der Waals surface area contributed by atoms with E-state index in [1.54, 1.807) is 0 Å². The summed E-state index contributed by atoms with van der Waals surface area (Å²) in [4.78, 5) is 11.4. The van der Waals surface area contributed by atoms with Crippen molar-refractivity contribution in [2.75, 3.05) is 6.61 Å². The van der Waals surface area contributed by atoms with E-state index in [2.05, 4.69) is 18.1 Å². The molecule has 0 radical (unpaired) electrons. The molecule has 0 N–H and O–H groups in total. The predicted molar refractivity (Wildman–Crippen MR) is 48.6 cm³/mol. The SMILES string of the molecule is C#CCOC(=O)C1CC2C=CC1C2. The van der Waals surface area contributed by atoms with E-state index in [1.165, 1.54) is 0 Å². The first-order valence-corrected chi connectivity index (χ1v) is 4.59. The molecule has 0 amide bonds. The Bertz CT molecular complexity index is 285. The minimum atomic E-state index is -0.116. The summed E-state index contributed by atoms with van der Waals surface area (Å²) in [6, 6.07) is 0. The highest BCUT2D eigenvalue weighted by Crippen LogP contribution is 2.43. The second-order valence-corrected chi connectivity index (χ2v) is 3.70. The third-order valence-electron chi connectivity index (χ3n) is 2.88. The van der Waals surface area contributed by atoms with Crippen LogP contribution in [0.3, 0.4) is 0 Å². The summed E-state index contributed by atoms with van der Waals surface area (Å²) in [5.41, 5.74) is 0. The van der Waals surface area contributed by atoms with Gasteiger partial charge in [0.1, 0.15) is 0 Å². The maximum absolute atomic E-state index is 11.4. The Kier molecular flexibility index (Phi) is 2.10. The molecule has 0 aromatic heterocycles. The first-order valence-electron chi connectivity index (χ1n) is 4.59. The van der Waals surface area contributed by atoms with Gasteiger partial charge in [-0.15, -0.1) is 6.42 Å². The fourth-order valence-electron chi connectivity index (χ4n) is 2.27. The Labute approximate surface area is 78.0 Å². The summed E-state index contributed by atoms with van der Waals surface area (Å²) in [5.74, 6) is 3.28. The standard InChI is InChI=1S/C11H12O2/c1-2-5-13-11(12)10-7-8-3-4-9(10)6-8/h1,3-4,8-10H,5-7H2. The summed E-state index contributed by atoms with van der Waals surface area (Å²) in [5, 5.41) is 0. The molecule has 68 valence electrons. The minimum Gasteiger partial charge on any atom is -0.452 e. The molecule has 1 saturated carbocycles. The molecule has 0 saturated heterocycles. The molecule has 0 aromatic carbocycles. The van der Waals surface area contributed by atoms with Crippen molar-refractivity contribution in [2.45, 2.75) is 12.8 Å². The number of rotatable bonds is 2. The van der Waals surface area contributed by atoms with Crippen molar-refractivity contribution in [3.63, 3.8) is 0 Å². The average Bonchev–Trinajstić information content (AvgIpc) is 2.74. The molecule has 13 heavy (non-hydrogen) atoms. The van der Waals surface area contributed by atoms with Gasteiger partial charge in [0.15, 0.2) is 6.61 Å². The normalized spacial score (nSPS) is 34.5. The molecule has 0 aliphatic heterocycles. The first-order chi connectivity index (χ1) is 6.31. The lowest BCUT2D eigenvalue weighted by Crippen LogP contribution is -2.21. The van der Waals surface area contributed by atoms with Crippen molar-refractivity contribution in [2.24, 2.45) is 17.8 Å². The van der Waals surface area contributed by atoms with E-state index in [4.69, 9.17) is 11.2 Å².